The largest absolute Gasteiger partial charge is 0.387 e. The maximum atomic E-state index is 12.1. The van der Waals surface area contributed by atoms with Gasteiger partial charge in [0.2, 0.25) is 5.91 Å². The molecule has 0 aromatic rings. The Labute approximate surface area is 102 Å². The van der Waals surface area contributed by atoms with Crippen LogP contribution in [0.3, 0.4) is 0 Å². The summed E-state index contributed by atoms with van der Waals surface area (Å²) in [5, 5.41) is 16.2. The Morgan fingerprint density at radius 3 is 2.88 bits per heavy atom. The van der Waals surface area contributed by atoms with Gasteiger partial charge in [0.05, 0.1) is 5.60 Å². The van der Waals surface area contributed by atoms with Crippen molar-refractivity contribution in [3.05, 3.63) is 0 Å². The van der Waals surface area contributed by atoms with Crippen molar-refractivity contribution in [2.24, 2.45) is 17.8 Å². The Hall–Kier alpha value is -0.610. The number of rotatable bonds is 3. The minimum Gasteiger partial charge on any atom is -0.387 e. The van der Waals surface area contributed by atoms with Crippen LogP contribution in [0.4, 0.5) is 0 Å². The molecule has 4 atom stereocenters. The van der Waals surface area contributed by atoms with Gasteiger partial charge in [0.25, 0.3) is 0 Å². The van der Waals surface area contributed by atoms with Crippen LogP contribution in [0.2, 0.25) is 0 Å². The van der Waals surface area contributed by atoms with Gasteiger partial charge in [0.1, 0.15) is 0 Å². The highest BCUT2D eigenvalue weighted by molar-refractivity contribution is 5.79. The standard InChI is InChI=1S/C13H22N2O2/c16-12(11-6-9-1-2-10(11)5-9)15-8-13(17)3-4-14-7-13/h9-11,14,17H,1-8H2,(H,15,16). The van der Waals surface area contributed by atoms with Gasteiger partial charge in [-0.05, 0) is 44.1 Å². The van der Waals surface area contributed by atoms with E-state index < -0.39 is 5.60 Å². The molecule has 1 amide bonds. The minimum atomic E-state index is -0.715. The van der Waals surface area contributed by atoms with Gasteiger partial charge in [0.15, 0.2) is 0 Å². The number of hydrogen-bond donors (Lipinski definition) is 3. The Kier molecular flexibility index (Phi) is 2.87. The highest BCUT2D eigenvalue weighted by Crippen LogP contribution is 2.48. The summed E-state index contributed by atoms with van der Waals surface area (Å²) >= 11 is 0. The normalized spacial score (nSPS) is 44.2. The fraction of sp³-hybridized carbons (Fsp3) is 0.923. The molecule has 2 saturated carbocycles. The Balaban J connectivity index is 1.50. The monoisotopic (exact) mass is 238 g/mol. The third-order valence-corrected chi connectivity index (χ3v) is 4.89. The molecule has 3 fully saturated rings. The molecule has 0 spiro atoms. The van der Waals surface area contributed by atoms with Gasteiger partial charge in [-0.25, -0.2) is 0 Å². The highest BCUT2D eigenvalue weighted by atomic mass is 16.3. The number of β-amino-alcohol motifs (C(OH)–C–C–N with tert-alkyl or cyclic N) is 1. The summed E-state index contributed by atoms with van der Waals surface area (Å²) in [6.07, 6.45) is 5.62. The predicted octanol–water partition coefficient (Wildman–Crippen LogP) is 0.263. The van der Waals surface area contributed by atoms with Crippen LogP contribution in [0, 0.1) is 17.8 Å². The van der Waals surface area contributed by atoms with E-state index in [4.69, 9.17) is 0 Å². The van der Waals surface area contributed by atoms with E-state index in [2.05, 4.69) is 10.6 Å². The van der Waals surface area contributed by atoms with E-state index in [1.165, 1.54) is 19.3 Å². The first-order chi connectivity index (χ1) is 8.16. The Morgan fingerprint density at radius 1 is 1.41 bits per heavy atom. The summed E-state index contributed by atoms with van der Waals surface area (Å²) in [6.45, 7) is 1.86. The first-order valence-corrected chi connectivity index (χ1v) is 6.87. The predicted molar refractivity (Wildman–Crippen MR) is 64.4 cm³/mol. The third-order valence-electron chi connectivity index (χ3n) is 4.89. The van der Waals surface area contributed by atoms with Crippen molar-refractivity contribution in [3.63, 3.8) is 0 Å². The Bertz CT molecular complexity index is 313. The van der Waals surface area contributed by atoms with E-state index in [0.29, 0.717) is 19.0 Å². The molecule has 96 valence electrons. The smallest absolute Gasteiger partial charge is 0.223 e. The van der Waals surface area contributed by atoms with Crippen LogP contribution in [-0.2, 0) is 4.79 Å². The first-order valence-electron chi connectivity index (χ1n) is 6.87. The van der Waals surface area contributed by atoms with Crippen LogP contribution in [0.15, 0.2) is 0 Å². The van der Waals surface area contributed by atoms with Gasteiger partial charge in [-0.2, -0.15) is 0 Å². The van der Waals surface area contributed by atoms with Crippen molar-refractivity contribution in [3.8, 4) is 0 Å². The molecule has 0 radical (unpaired) electrons. The Morgan fingerprint density at radius 2 is 2.29 bits per heavy atom. The highest BCUT2D eigenvalue weighted by Gasteiger charge is 2.43. The summed E-state index contributed by atoms with van der Waals surface area (Å²) in [6, 6.07) is 0. The van der Waals surface area contributed by atoms with E-state index in [-0.39, 0.29) is 11.8 Å². The number of amides is 1. The van der Waals surface area contributed by atoms with E-state index in [1.807, 2.05) is 0 Å². The fourth-order valence-electron chi connectivity index (χ4n) is 3.83. The van der Waals surface area contributed by atoms with E-state index in [1.54, 1.807) is 0 Å². The molecule has 2 bridgehead atoms. The van der Waals surface area contributed by atoms with E-state index in [0.717, 1.165) is 25.3 Å². The van der Waals surface area contributed by atoms with Gasteiger partial charge in [-0.3, -0.25) is 4.79 Å². The fourth-order valence-corrected chi connectivity index (χ4v) is 3.83. The van der Waals surface area contributed by atoms with Crippen molar-refractivity contribution in [2.45, 2.75) is 37.7 Å². The molecule has 3 rings (SSSR count). The zero-order valence-electron chi connectivity index (χ0n) is 10.2. The quantitative estimate of drug-likeness (QED) is 0.661. The second-order valence-electron chi connectivity index (χ2n) is 6.15. The maximum Gasteiger partial charge on any atom is 0.223 e. The molecule has 0 aromatic heterocycles. The molecule has 4 heteroatoms. The molecular weight excluding hydrogens is 216 g/mol. The average Bonchev–Trinajstić information content (AvgIpc) is 3.02. The van der Waals surface area contributed by atoms with Crippen molar-refractivity contribution >= 4 is 5.91 Å². The van der Waals surface area contributed by atoms with Gasteiger partial charge >= 0.3 is 0 Å². The summed E-state index contributed by atoms with van der Waals surface area (Å²) < 4.78 is 0. The van der Waals surface area contributed by atoms with Crippen molar-refractivity contribution in [2.75, 3.05) is 19.6 Å². The van der Waals surface area contributed by atoms with Gasteiger partial charge < -0.3 is 15.7 Å². The molecule has 4 nitrogen and oxygen atoms in total. The topological polar surface area (TPSA) is 61.4 Å². The van der Waals surface area contributed by atoms with E-state index in [9.17, 15) is 9.90 Å². The summed E-state index contributed by atoms with van der Waals surface area (Å²) in [7, 11) is 0. The van der Waals surface area contributed by atoms with Crippen LogP contribution in [-0.4, -0.2) is 36.2 Å². The summed E-state index contributed by atoms with van der Waals surface area (Å²) in [5.41, 5.74) is -0.715. The lowest BCUT2D eigenvalue weighted by atomic mass is 9.88. The second kappa shape index (κ2) is 4.25. The number of carbonyl (C=O) groups excluding carboxylic acids is 1. The lowest BCUT2D eigenvalue weighted by molar-refractivity contribution is -0.127. The maximum absolute atomic E-state index is 12.1. The summed E-state index contributed by atoms with van der Waals surface area (Å²) in [5.74, 6) is 1.83. The van der Waals surface area contributed by atoms with Crippen LogP contribution in [0.1, 0.15) is 32.1 Å². The number of fused-ring (bicyclic) bond motifs is 2. The molecule has 4 unspecified atom stereocenters. The van der Waals surface area contributed by atoms with Crippen LogP contribution in [0.25, 0.3) is 0 Å². The van der Waals surface area contributed by atoms with Gasteiger partial charge in [-0.1, -0.05) is 6.42 Å². The van der Waals surface area contributed by atoms with Crippen molar-refractivity contribution in [1.82, 2.24) is 10.6 Å². The molecule has 1 heterocycles. The molecule has 17 heavy (non-hydrogen) atoms. The van der Waals surface area contributed by atoms with Crippen molar-refractivity contribution < 1.29 is 9.90 Å². The minimum absolute atomic E-state index is 0.178. The second-order valence-corrected chi connectivity index (χ2v) is 6.15. The lowest BCUT2D eigenvalue weighted by Gasteiger charge is -2.25. The lowest BCUT2D eigenvalue weighted by Crippen LogP contribution is -2.46. The van der Waals surface area contributed by atoms with Crippen LogP contribution in [0.5, 0.6) is 0 Å². The average molecular weight is 238 g/mol. The molecule has 0 aromatic carbocycles. The number of carbonyl (C=O) groups is 1. The zero-order valence-corrected chi connectivity index (χ0v) is 10.2. The molecule has 1 aliphatic heterocycles. The van der Waals surface area contributed by atoms with Crippen LogP contribution >= 0.6 is 0 Å². The third kappa shape index (κ3) is 2.20. The van der Waals surface area contributed by atoms with Crippen molar-refractivity contribution in [1.29, 1.82) is 0 Å². The van der Waals surface area contributed by atoms with Crippen LogP contribution < -0.4 is 10.6 Å². The molecule has 3 aliphatic rings. The SMILES string of the molecule is O=C(NCC1(O)CCNC1)C1CC2CCC1C2. The molecule has 1 saturated heterocycles. The van der Waals surface area contributed by atoms with Gasteiger partial charge in [0, 0.05) is 19.0 Å². The number of hydrogen-bond acceptors (Lipinski definition) is 3. The van der Waals surface area contributed by atoms with E-state index >= 15 is 0 Å². The molecule has 3 N–H and O–H groups in total. The molecule has 2 aliphatic carbocycles. The zero-order chi connectivity index (χ0) is 11.9. The first kappa shape index (κ1) is 11.5. The number of aliphatic hydroxyl groups is 1. The molecular formula is C13H22N2O2. The number of nitrogens with one attached hydrogen (secondary N) is 2. The van der Waals surface area contributed by atoms with Gasteiger partial charge in [-0.15, -0.1) is 0 Å². The summed E-state index contributed by atoms with van der Waals surface area (Å²) in [4.78, 5) is 12.1.